The first-order valence-electron chi connectivity index (χ1n) is 9.55. The first kappa shape index (κ1) is 20.5. The topological polar surface area (TPSA) is 85.9 Å². The molecule has 1 saturated carbocycles. The number of carbonyl (C=O) groups is 2. The molecule has 1 unspecified atom stereocenters. The average molecular weight is 398 g/mol. The van der Waals surface area contributed by atoms with E-state index in [0.717, 1.165) is 18.4 Å². The minimum Gasteiger partial charge on any atom is -0.497 e. The van der Waals surface area contributed by atoms with Gasteiger partial charge in [-0.2, -0.15) is 0 Å². The molecule has 0 saturated heterocycles. The molecule has 2 aromatic rings. The Balaban J connectivity index is 1.55. The number of amides is 2. The highest BCUT2D eigenvalue weighted by atomic mass is 16.5. The molecule has 29 heavy (non-hydrogen) atoms. The minimum atomic E-state index is -0.291. The lowest BCUT2D eigenvalue weighted by Crippen LogP contribution is -2.31. The summed E-state index contributed by atoms with van der Waals surface area (Å²) < 4.78 is 16.2. The van der Waals surface area contributed by atoms with E-state index < -0.39 is 0 Å². The third kappa shape index (κ3) is 5.63. The highest BCUT2D eigenvalue weighted by molar-refractivity contribution is 5.94. The zero-order valence-corrected chi connectivity index (χ0v) is 16.9. The molecule has 2 N–H and O–H groups in total. The Bertz CT molecular complexity index is 879. The van der Waals surface area contributed by atoms with Crippen LogP contribution in [-0.2, 0) is 9.59 Å². The molecule has 0 heterocycles. The van der Waals surface area contributed by atoms with Gasteiger partial charge in [-0.3, -0.25) is 9.59 Å². The maximum absolute atomic E-state index is 12.3. The summed E-state index contributed by atoms with van der Waals surface area (Å²) in [5.74, 6) is 1.75. The molecule has 2 aromatic carbocycles. The van der Waals surface area contributed by atoms with Crippen molar-refractivity contribution in [2.75, 3.05) is 26.1 Å². The molecule has 2 amide bonds. The number of rotatable bonds is 9. The molecule has 1 atom stereocenters. The maximum atomic E-state index is 12.3. The fraction of sp³-hybridized carbons (Fsp3) is 0.364. The van der Waals surface area contributed by atoms with Crippen molar-refractivity contribution in [1.29, 1.82) is 0 Å². The summed E-state index contributed by atoms with van der Waals surface area (Å²) in [6.45, 7) is 1.72. The van der Waals surface area contributed by atoms with E-state index >= 15 is 0 Å². The van der Waals surface area contributed by atoms with E-state index in [1.54, 1.807) is 50.6 Å². The van der Waals surface area contributed by atoms with Crippen LogP contribution >= 0.6 is 0 Å². The maximum Gasteiger partial charge on any atom is 0.258 e. The van der Waals surface area contributed by atoms with Crippen molar-refractivity contribution in [3.05, 3.63) is 48.0 Å². The number of methoxy groups -OCH3 is 2. The molecule has 0 radical (unpaired) electrons. The quantitative estimate of drug-likeness (QED) is 0.677. The number of anilines is 1. The van der Waals surface area contributed by atoms with Crippen LogP contribution in [0.15, 0.2) is 42.5 Å². The monoisotopic (exact) mass is 398 g/mol. The van der Waals surface area contributed by atoms with Crippen LogP contribution in [0.3, 0.4) is 0 Å². The molecule has 1 aliphatic rings. The molecule has 1 aliphatic carbocycles. The van der Waals surface area contributed by atoms with Gasteiger partial charge in [-0.15, -0.1) is 0 Å². The van der Waals surface area contributed by atoms with Crippen molar-refractivity contribution in [1.82, 2.24) is 5.32 Å². The summed E-state index contributed by atoms with van der Waals surface area (Å²) in [6, 6.07) is 12.2. The highest BCUT2D eigenvalue weighted by Crippen LogP contribution is 2.31. The molecule has 0 bridgehead atoms. The number of ether oxygens (including phenoxy) is 3. The van der Waals surface area contributed by atoms with Gasteiger partial charge in [0.05, 0.1) is 20.3 Å². The third-order valence-electron chi connectivity index (χ3n) is 4.70. The molecule has 154 valence electrons. The highest BCUT2D eigenvalue weighted by Gasteiger charge is 2.29. The lowest BCUT2D eigenvalue weighted by Gasteiger charge is -2.18. The number of hydrogen-bond donors (Lipinski definition) is 2. The Morgan fingerprint density at radius 1 is 1.07 bits per heavy atom. The van der Waals surface area contributed by atoms with Gasteiger partial charge in [0.25, 0.3) is 5.91 Å². The smallest absolute Gasteiger partial charge is 0.258 e. The van der Waals surface area contributed by atoms with E-state index in [-0.39, 0.29) is 30.4 Å². The van der Waals surface area contributed by atoms with Crippen molar-refractivity contribution in [2.24, 2.45) is 5.92 Å². The first-order valence-corrected chi connectivity index (χ1v) is 9.55. The zero-order valence-electron chi connectivity index (χ0n) is 16.9. The molecular weight excluding hydrogens is 372 g/mol. The van der Waals surface area contributed by atoms with Gasteiger partial charge >= 0.3 is 0 Å². The molecule has 0 aliphatic heterocycles. The minimum absolute atomic E-state index is 0.0287. The Kier molecular flexibility index (Phi) is 6.59. The van der Waals surface area contributed by atoms with Crippen LogP contribution < -0.4 is 24.8 Å². The molecule has 0 aromatic heterocycles. The van der Waals surface area contributed by atoms with E-state index in [0.29, 0.717) is 22.9 Å². The zero-order chi connectivity index (χ0) is 20.8. The van der Waals surface area contributed by atoms with Crippen LogP contribution in [0.2, 0.25) is 0 Å². The second kappa shape index (κ2) is 9.32. The van der Waals surface area contributed by atoms with Gasteiger partial charge < -0.3 is 24.8 Å². The number of hydrogen-bond acceptors (Lipinski definition) is 5. The summed E-state index contributed by atoms with van der Waals surface area (Å²) in [5.41, 5.74) is 1.47. The van der Waals surface area contributed by atoms with E-state index in [9.17, 15) is 9.59 Å². The molecule has 7 heteroatoms. The number of carbonyl (C=O) groups excluding carboxylic acids is 2. The summed E-state index contributed by atoms with van der Waals surface area (Å²) in [5, 5.41) is 5.76. The molecular formula is C22H26N2O5. The summed E-state index contributed by atoms with van der Waals surface area (Å²) >= 11 is 0. The molecule has 1 fully saturated rings. The van der Waals surface area contributed by atoms with Crippen LogP contribution in [0.25, 0.3) is 0 Å². The van der Waals surface area contributed by atoms with E-state index in [1.165, 1.54) is 0 Å². The van der Waals surface area contributed by atoms with Gasteiger partial charge in [-0.05, 0) is 50.1 Å². The van der Waals surface area contributed by atoms with Gasteiger partial charge in [0.15, 0.2) is 6.61 Å². The van der Waals surface area contributed by atoms with E-state index in [4.69, 9.17) is 14.2 Å². The fourth-order valence-electron chi connectivity index (χ4n) is 2.94. The largest absolute Gasteiger partial charge is 0.497 e. The predicted octanol–water partition coefficient (Wildman–Crippen LogP) is 3.31. The van der Waals surface area contributed by atoms with Crippen LogP contribution in [0.5, 0.6) is 17.2 Å². The van der Waals surface area contributed by atoms with Gasteiger partial charge in [0, 0.05) is 23.2 Å². The molecule has 3 rings (SSSR count). The van der Waals surface area contributed by atoms with Gasteiger partial charge in [-0.1, -0.05) is 6.07 Å². The van der Waals surface area contributed by atoms with Crippen molar-refractivity contribution >= 4 is 17.5 Å². The summed E-state index contributed by atoms with van der Waals surface area (Å²) in [4.78, 5) is 24.2. The van der Waals surface area contributed by atoms with Crippen molar-refractivity contribution < 1.29 is 23.8 Å². The fourth-order valence-corrected chi connectivity index (χ4v) is 2.94. The van der Waals surface area contributed by atoms with Crippen LogP contribution in [0.4, 0.5) is 5.69 Å². The predicted molar refractivity (Wildman–Crippen MR) is 109 cm³/mol. The summed E-state index contributed by atoms with van der Waals surface area (Å²) in [6.07, 6.45) is 1.89. The van der Waals surface area contributed by atoms with Gasteiger partial charge in [0.2, 0.25) is 5.91 Å². The van der Waals surface area contributed by atoms with Gasteiger partial charge in [0.1, 0.15) is 17.2 Å². The Morgan fingerprint density at radius 2 is 1.86 bits per heavy atom. The SMILES string of the molecule is COc1ccc(OC)c(C(C)NC(=O)COc2cccc(NC(=O)C3CC3)c2)c1. The third-order valence-corrected chi connectivity index (χ3v) is 4.70. The van der Waals surface area contributed by atoms with E-state index in [2.05, 4.69) is 10.6 Å². The number of benzene rings is 2. The Hall–Kier alpha value is -3.22. The lowest BCUT2D eigenvalue weighted by molar-refractivity contribution is -0.123. The van der Waals surface area contributed by atoms with Gasteiger partial charge in [-0.25, -0.2) is 0 Å². The average Bonchev–Trinajstić information content (AvgIpc) is 3.57. The molecule has 0 spiro atoms. The number of nitrogens with one attached hydrogen (secondary N) is 2. The van der Waals surface area contributed by atoms with Crippen LogP contribution in [0, 0.1) is 5.92 Å². The Morgan fingerprint density at radius 3 is 2.55 bits per heavy atom. The van der Waals surface area contributed by atoms with Crippen LogP contribution in [-0.4, -0.2) is 32.6 Å². The first-order chi connectivity index (χ1) is 14.0. The van der Waals surface area contributed by atoms with Crippen molar-refractivity contribution in [3.8, 4) is 17.2 Å². The standard InChI is InChI=1S/C22H26N2O5/c1-14(19-12-17(27-2)9-10-20(19)28-3)23-21(25)13-29-18-6-4-5-16(11-18)24-22(26)15-7-8-15/h4-6,9-12,14-15H,7-8,13H2,1-3H3,(H,23,25)(H,24,26). The second-order valence-electron chi connectivity index (χ2n) is 6.98. The van der Waals surface area contributed by atoms with Crippen LogP contribution in [0.1, 0.15) is 31.4 Å². The van der Waals surface area contributed by atoms with Crippen molar-refractivity contribution in [3.63, 3.8) is 0 Å². The Labute approximate surface area is 170 Å². The lowest BCUT2D eigenvalue weighted by atomic mass is 10.1. The van der Waals surface area contributed by atoms with E-state index in [1.807, 2.05) is 13.0 Å². The molecule has 7 nitrogen and oxygen atoms in total. The second-order valence-corrected chi connectivity index (χ2v) is 6.98. The normalized spacial score (nSPS) is 13.9. The van der Waals surface area contributed by atoms with Crippen molar-refractivity contribution in [2.45, 2.75) is 25.8 Å². The summed E-state index contributed by atoms with van der Waals surface area (Å²) in [7, 11) is 3.17.